The Hall–Kier alpha value is 0.210. The van der Waals surface area contributed by atoms with Crippen LogP contribution in [0.2, 0.25) is 0 Å². The Bertz CT molecular complexity index is 98.0. The lowest BCUT2D eigenvalue weighted by Gasteiger charge is -1.65. The van der Waals surface area contributed by atoms with Gasteiger partial charge in [0.2, 0.25) is 10.5 Å². The summed E-state index contributed by atoms with van der Waals surface area (Å²) < 4.78 is 0. The second-order valence-electron chi connectivity index (χ2n) is 0.959. The fourth-order valence-electron chi connectivity index (χ4n) is 0. The molecule has 0 spiro atoms. The van der Waals surface area contributed by atoms with E-state index < -0.39 is 5.24 Å². The molecule has 0 radical (unpaired) electrons. The monoisotopic (exact) mass is 190 g/mol. The maximum absolute atomic E-state index is 9.45. The summed E-state index contributed by atoms with van der Waals surface area (Å²) in [5.41, 5.74) is 0. The highest BCUT2D eigenvalue weighted by molar-refractivity contribution is 6.67. The second kappa shape index (κ2) is 8.21. The van der Waals surface area contributed by atoms with Crippen molar-refractivity contribution in [1.82, 2.24) is 0 Å². The van der Waals surface area contributed by atoms with Gasteiger partial charge >= 0.3 is 0 Å². The van der Waals surface area contributed by atoms with Crippen molar-refractivity contribution in [2.75, 3.05) is 5.88 Å². The molecule has 0 unspecified atom stereocenters. The van der Waals surface area contributed by atoms with Crippen molar-refractivity contribution in [1.29, 1.82) is 0 Å². The van der Waals surface area contributed by atoms with Crippen molar-refractivity contribution in [2.45, 2.75) is 6.92 Å². The summed E-state index contributed by atoms with van der Waals surface area (Å²) in [7, 11) is 0. The van der Waals surface area contributed by atoms with Gasteiger partial charge in [-0.3, -0.25) is 9.59 Å². The van der Waals surface area contributed by atoms with Gasteiger partial charge in [-0.05, 0) is 23.2 Å². The normalized spacial score (nSPS) is 7.11. The number of carbonyl (C=O) groups excluding carboxylic acids is 2. The zero-order chi connectivity index (χ0) is 7.86. The molecule has 9 heavy (non-hydrogen) atoms. The molecule has 54 valence electrons. The van der Waals surface area contributed by atoms with Crippen molar-refractivity contribution in [2.24, 2.45) is 0 Å². The molecule has 0 fully saturated rings. The van der Waals surface area contributed by atoms with Gasteiger partial charge in [-0.1, -0.05) is 0 Å². The summed E-state index contributed by atoms with van der Waals surface area (Å²) in [5, 5.41) is -0.869. The lowest BCUT2D eigenvalue weighted by atomic mass is 10.9. The highest BCUT2D eigenvalue weighted by Gasteiger charge is 1.83. The quantitative estimate of drug-likeness (QED) is 0.467. The number of hydrogen-bond acceptors (Lipinski definition) is 2. The van der Waals surface area contributed by atoms with E-state index in [0.29, 0.717) is 0 Å². The lowest BCUT2D eigenvalue weighted by molar-refractivity contribution is -0.110. The van der Waals surface area contributed by atoms with Gasteiger partial charge in [-0.15, -0.1) is 11.6 Å². The van der Waals surface area contributed by atoms with Crippen LogP contribution >= 0.6 is 34.8 Å². The fraction of sp³-hybridized carbons (Fsp3) is 0.500. The van der Waals surface area contributed by atoms with E-state index in [2.05, 4.69) is 11.6 Å². The predicted octanol–water partition coefficient (Wildman–Crippen LogP) is 1.76. The molecule has 0 bridgehead atoms. The number of alkyl halides is 1. The molecule has 0 aliphatic carbocycles. The standard InChI is InChI=1S/C2H2Cl2O.C2H3ClO/c3-1-2(4)5;1-2(3)4/h1H2;1H3. The highest BCUT2D eigenvalue weighted by Crippen LogP contribution is 1.80. The molecule has 0 aliphatic rings. The Morgan fingerprint density at radius 3 is 1.44 bits per heavy atom. The Morgan fingerprint density at radius 2 is 1.44 bits per heavy atom. The van der Waals surface area contributed by atoms with Gasteiger partial charge in [0, 0.05) is 6.92 Å². The first-order valence-corrected chi connectivity index (χ1v) is 3.20. The minimum absolute atomic E-state index is 0.0957. The lowest BCUT2D eigenvalue weighted by Crippen LogP contribution is -1.81. The zero-order valence-corrected chi connectivity index (χ0v) is 6.93. The average molecular weight is 191 g/mol. The summed E-state index contributed by atoms with van der Waals surface area (Å²) in [6, 6.07) is 0. The summed E-state index contributed by atoms with van der Waals surface area (Å²) in [5.74, 6) is -0.0957. The van der Waals surface area contributed by atoms with Gasteiger partial charge < -0.3 is 0 Å². The number of rotatable bonds is 1. The van der Waals surface area contributed by atoms with E-state index in [-0.39, 0.29) is 11.1 Å². The molecule has 2 nitrogen and oxygen atoms in total. The van der Waals surface area contributed by atoms with Crippen molar-refractivity contribution >= 4 is 45.3 Å². The van der Waals surface area contributed by atoms with Gasteiger partial charge in [-0.25, -0.2) is 0 Å². The van der Waals surface area contributed by atoms with Gasteiger partial charge in [0.05, 0.1) is 5.88 Å². The molecule has 0 aromatic heterocycles. The third-order valence-electron chi connectivity index (χ3n) is 0.105. The van der Waals surface area contributed by atoms with Crippen LogP contribution in [0.15, 0.2) is 0 Å². The van der Waals surface area contributed by atoms with E-state index in [1.807, 2.05) is 0 Å². The first kappa shape index (κ1) is 11.9. The molecule has 0 rings (SSSR count). The predicted molar refractivity (Wildman–Crippen MR) is 38.1 cm³/mol. The molecule has 0 aliphatic heterocycles. The number of carbonyl (C=O) groups is 2. The molecule has 0 aromatic carbocycles. The van der Waals surface area contributed by atoms with Crippen molar-refractivity contribution in [3.05, 3.63) is 0 Å². The van der Waals surface area contributed by atoms with Crippen LogP contribution in [-0.4, -0.2) is 16.4 Å². The van der Waals surface area contributed by atoms with E-state index >= 15 is 0 Å². The Kier molecular flexibility index (Phi) is 10.9. The second-order valence-corrected chi connectivity index (χ2v) is 2.18. The first-order chi connectivity index (χ1) is 4.00. The summed E-state index contributed by atoms with van der Waals surface area (Å²) in [6.07, 6.45) is 0. The third kappa shape index (κ3) is 64.8. The van der Waals surface area contributed by atoms with E-state index in [4.69, 9.17) is 23.2 Å². The maximum atomic E-state index is 9.45. The van der Waals surface area contributed by atoms with E-state index in [1.54, 1.807) is 0 Å². The molecule has 5 heteroatoms. The summed E-state index contributed by atoms with van der Waals surface area (Å²) in [6.45, 7) is 1.29. The largest absolute Gasteiger partial charge is 0.282 e. The van der Waals surface area contributed by atoms with E-state index in [9.17, 15) is 9.59 Å². The van der Waals surface area contributed by atoms with Gasteiger partial charge in [0.15, 0.2) is 0 Å². The topological polar surface area (TPSA) is 34.1 Å². The van der Waals surface area contributed by atoms with Crippen molar-refractivity contribution in [3.63, 3.8) is 0 Å². The summed E-state index contributed by atoms with van der Waals surface area (Å²) >= 11 is 14.2. The Morgan fingerprint density at radius 1 is 1.33 bits per heavy atom. The highest BCUT2D eigenvalue weighted by atomic mass is 35.5. The minimum Gasteiger partial charge on any atom is -0.282 e. The van der Waals surface area contributed by atoms with Crippen LogP contribution in [0.4, 0.5) is 0 Å². The van der Waals surface area contributed by atoms with Crippen molar-refractivity contribution < 1.29 is 9.59 Å². The van der Waals surface area contributed by atoms with Crippen LogP contribution in [0, 0.1) is 0 Å². The molecular weight excluding hydrogens is 186 g/mol. The SMILES string of the molecule is CC(=O)Cl.O=C(Cl)CCl. The third-order valence-corrected chi connectivity index (χ3v) is 0.618. The minimum atomic E-state index is -0.508. The molecule has 0 N–H and O–H groups in total. The number of hydrogen-bond donors (Lipinski definition) is 0. The van der Waals surface area contributed by atoms with Crippen LogP contribution in [0.25, 0.3) is 0 Å². The van der Waals surface area contributed by atoms with Gasteiger partial charge in [-0.2, -0.15) is 0 Å². The molecule has 0 saturated heterocycles. The van der Waals surface area contributed by atoms with E-state index in [1.165, 1.54) is 6.92 Å². The zero-order valence-electron chi connectivity index (χ0n) is 4.66. The molecule has 0 amide bonds. The average Bonchev–Trinajstić information content (AvgIpc) is 1.65. The maximum Gasteiger partial charge on any atom is 0.236 e. The molecular formula is C4H5Cl3O2. The van der Waals surface area contributed by atoms with Crippen molar-refractivity contribution in [3.8, 4) is 0 Å². The first-order valence-electron chi connectivity index (χ1n) is 1.91. The smallest absolute Gasteiger partial charge is 0.236 e. The van der Waals surface area contributed by atoms with Gasteiger partial charge in [0.1, 0.15) is 0 Å². The summed E-state index contributed by atoms with van der Waals surface area (Å²) in [4.78, 5) is 18.7. The Labute approximate surface area is 68.1 Å². The molecule has 0 atom stereocenters. The number of halogens is 3. The van der Waals surface area contributed by atoms with Crippen LogP contribution in [-0.2, 0) is 9.59 Å². The van der Waals surface area contributed by atoms with Gasteiger partial charge in [0.25, 0.3) is 0 Å². The Balaban J connectivity index is 0. The van der Waals surface area contributed by atoms with Crippen LogP contribution in [0.1, 0.15) is 6.92 Å². The molecule has 0 heterocycles. The molecule has 0 aromatic rings. The van der Waals surface area contributed by atoms with Crippen LogP contribution in [0.3, 0.4) is 0 Å². The van der Waals surface area contributed by atoms with Crippen LogP contribution < -0.4 is 0 Å². The van der Waals surface area contributed by atoms with Crippen LogP contribution in [0.5, 0.6) is 0 Å². The van der Waals surface area contributed by atoms with E-state index in [0.717, 1.165) is 0 Å². The fourth-order valence-corrected chi connectivity index (χ4v) is 0. The molecule has 0 saturated carbocycles.